The van der Waals surface area contributed by atoms with Crippen molar-refractivity contribution in [3.63, 3.8) is 0 Å². The van der Waals surface area contributed by atoms with Crippen LogP contribution in [0, 0.1) is 12.7 Å². The van der Waals surface area contributed by atoms with Crippen molar-refractivity contribution in [1.82, 2.24) is 9.47 Å². The summed E-state index contributed by atoms with van der Waals surface area (Å²) < 4.78 is 21.4. The lowest BCUT2D eigenvalue weighted by Gasteiger charge is -2.28. The average Bonchev–Trinajstić information content (AvgIpc) is 3.23. The maximum Gasteiger partial charge on any atom is 0.223 e. The zero-order valence-electron chi connectivity index (χ0n) is 19.4. The van der Waals surface area contributed by atoms with Gasteiger partial charge in [0.15, 0.2) is 0 Å². The van der Waals surface area contributed by atoms with Crippen LogP contribution >= 0.6 is 0 Å². The standard InChI is InChI=1S/C29H29FN2O2/c1-21-6-8-22(9-7-21)19-32-20-27(25-4-2-3-5-28(25)32)26(23-10-12-24(30)13-11-23)18-29(33)31-14-16-34-17-15-31/h2-13,20,26H,14-19H2,1H3. The van der Waals surface area contributed by atoms with E-state index in [2.05, 4.69) is 54.1 Å². The lowest BCUT2D eigenvalue weighted by molar-refractivity contribution is -0.135. The van der Waals surface area contributed by atoms with E-state index in [1.165, 1.54) is 23.3 Å². The summed E-state index contributed by atoms with van der Waals surface area (Å²) in [7, 11) is 0. The number of carbonyl (C=O) groups is 1. The lowest BCUT2D eigenvalue weighted by Crippen LogP contribution is -2.41. The van der Waals surface area contributed by atoms with Crippen molar-refractivity contribution in [3.8, 4) is 0 Å². The van der Waals surface area contributed by atoms with Crippen LogP contribution in [-0.2, 0) is 16.1 Å². The summed E-state index contributed by atoms with van der Waals surface area (Å²) in [5, 5.41) is 1.12. The van der Waals surface area contributed by atoms with E-state index in [1.807, 2.05) is 17.0 Å². The number of hydrogen-bond donors (Lipinski definition) is 0. The van der Waals surface area contributed by atoms with Crippen molar-refractivity contribution in [1.29, 1.82) is 0 Å². The predicted molar refractivity (Wildman–Crippen MR) is 132 cm³/mol. The van der Waals surface area contributed by atoms with Crippen molar-refractivity contribution in [2.45, 2.75) is 25.8 Å². The van der Waals surface area contributed by atoms with Crippen molar-refractivity contribution in [2.75, 3.05) is 26.3 Å². The minimum atomic E-state index is -0.274. The predicted octanol–water partition coefficient (Wildman–Crippen LogP) is 5.52. The number of morpholine rings is 1. The summed E-state index contributed by atoms with van der Waals surface area (Å²) in [6.07, 6.45) is 2.51. The van der Waals surface area contributed by atoms with Gasteiger partial charge < -0.3 is 14.2 Å². The molecule has 5 rings (SSSR count). The molecule has 1 aromatic heterocycles. The molecule has 1 saturated heterocycles. The van der Waals surface area contributed by atoms with Crippen LogP contribution in [-0.4, -0.2) is 41.7 Å². The molecule has 1 fully saturated rings. The number of aryl methyl sites for hydroxylation is 1. The number of rotatable bonds is 6. The van der Waals surface area contributed by atoms with E-state index < -0.39 is 0 Å². The quantitative estimate of drug-likeness (QED) is 0.383. The van der Waals surface area contributed by atoms with Crippen molar-refractivity contribution in [3.05, 3.63) is 107 Å². The number of hydrogen-bond acceptors (Lipinski definition) is 2. The minimum absolute atomic E-state index is 0.105. The number of para-hydroxylation sites is 1. The number of fused-ring (bicyclic) bond motifs is 1. The van der Waals surface area contributed by atoms with E-state index >= 15 is 0 Å². The van der Waals surface area contributed by atoms with Crippen LogP contribution in [0.15, 0.2) is 79.0 Å². The first kappa shape index (κ1) is 22.4. The van der Waals surface area contributed by atoms with Gasteiger partial charge in [0.05, 0.1) is 13.2 Å². The van der Waals surface area contributed by atoms with Gasteiger partial charge >= 0.3 is 0 Å². The number of halogens is 1. The second-order valence-electron chi connectivity index (χ2n) is 9.02. The Morgan fingerprint density at radius 1 is 0.971 bits per heavy atom. The van der Waals surface area contributed by atoms with Gasteiger partial charge in [0.25, 0.3) is 0 Å². The number of carbonyl (C=O) groups excluding carboxylic acids is 1. The third-order valence-electron chi connectivity index (χ3n) is 6.68. The fourth-order valence-corrected chi connectivity index (χ4v) is 4.79. The fourth-order valence-electron chi connectivity index (χ4n) is 4.79. The minimum Gasteiger partial charge on any atom is -0.378 e. The molecule has 1 aliphatic heterocycles. The normalized spacial score (nSPS) is 14.9. The van der Waals surface area contributed by atoms with Gasteiger partial charge in [0, 0.05) is 49.1 Å². The van der Waals surface area contributed by atoms with Gasteiger partial charge in [-0.15, -0.1) is 0 Å². The number of aromatic nitrogens is 1. The van der Waals surface area contributed by atoms with Gasteiger partial charge in [-0.25, -0.2) is 4.39 Å². The summed E-state index contributed by atoms with van der Waals surface area (Å²) in [6.45, 7) is 5.21. The van der Waals surface area contributed by atoms with E-state index in [0.29, 0.717) is 32.7 Å². The number of benzene rings is 3. The lowest BCUT2D eigenvalue weighted by atomic mass is 9.87. The van der Waals surface area contributed by atoms with Crippen molar-refractivity contribution < 1.29 is 13.9 Å². The topological polar surface area (TPSA) is 34.5 Å². The summed E-state index contributed by atoms with van der Waals surface area (Å²) >= 11 is 0. The highest BCUT2D eigenvalue weighted by Gasteiger charge is 2.26. The van der Waals surface area contributed by atoms with E-state index in [1.54, 1.807) is 12.1 Å². The first-order valence-corrected chi connectivity index (χ1v) is 11.8. The van der Waals surface area contributed by atoms with Gasteiger partial charge in [0.2, 0.25) is 5.91 Å². The van der Waals surface area contributed by atoms with Crippen LogP contribution in [0.2, 0.25) is 0 Å². The Balaban J connectivity index is 1.55. The smallest absolute Gasteiger partial charge is 0.223 e. The Morgan fingerprint density at radius 2 is 1.68 bits per heavy atom. The van der Waals surface area contributed by atoms with Gasteiger partial charge in [-0.1, -0.05) is 60.2 Å². The van der Waals surface area contributed by atoms with Gasteiger partial charge in [-0.2, -0.15) is 0 Å². The number of nitrogens with zero attached hydrogens (tertiary/aromatic N) is 2. The van der Waals surface area contributed by atoms with Crippen LogP contribution in [0.1, 0.15) is 34.6 Å². The molecule has 0 spiro atoms. The third kappa shape index (κ3) is 4.75. The third-order valence-corrected chi connectivity index (χ3v) is 6.68. The summed E-state index contributed by atoms with van der Waals surface area (Å²) in [4.78, 5) is 15.2. The zero-order chi connectivity index (χ0) is 23.5. The maximum absolute atomic E-state index is 13.7. The van der Waals surface area contributed by atoms with Crippen LogP contribution in [0.4, 0.5) is 4.39 Å². The molecule has 0 aliphatic carbocycles. The molecule has 1 atom stereocenters. The SMILES string of the molecule is Cc1ccc(Cn2cc(C(CC(=O)N3CCOCC3)c3ccc(F)cc3)c3ccccc32)cc1. The van der Waals surface area contributed by atoms with Crippen LogP contribution in [0.3, 0.4) is 0 Å². The molecule has 1 amide bonds. The summed E-state index contributed by atoms with van der Waals surface area (Å²) in [6, 6.07) is 23.5. The van der Waals surface area contributed by atoms with Crippen LogP contribution < -0.4 is 0 Å². The van der Waals surface area contributed by atoms with Crippen molar-refractivity contribution >= 4 is 16.8 Å². The Hall–Kier alpha value is -3.44. The molecule has 5 heteroatoms. The first-order valence-electron chi connectivity index (χ1n) is 11.8. The molecule has 4 nitrogen and oxygen atoms in total. The molecule has 4 aromatic rings. The van der Waals surface area contributed by atoms with Gasteiger partial charge in [-0.3, -0.25) is 4.79 Å². The first-order chi connectivity index (χ1) is 16.6. The molecule has 1 aliphatic rings. The summed E-state index contributed by atoms with van der Waals surface area (Å²) in [5.74, 6) is -0.336. The second-order valence-corrected chi connectivity index (χ2v) is 9.02. The monoisotopic (exact) mass is 456 g/mol. The molecule has 0 saturated carbocycles. The summed E-state index contributed by atoms with van der Waals surface area (Å²) in [5.41, 5.74) is 5.63. The fraction of sp³-hybridized carbons (Fsp3) is 0.276. The highest BCUT2D eigenvalue weighted by atomic mass is 19.1. The van der Waals surface area contributed by atoms with E-state index in [-0.39, 0.29) is 17.6 Å². The van der Waals surface area contributed by atoms with E-state index in [4.69, 9.17) is 4.74 Å². The molecule has 34 heavy (non-hydrogen) atoms. The van der Waals surface area contributed by atoms with Crippen molar-refractivity contribution in [2.24, 2.45) is 0 Å². The van der Waals surface area contributed by atoms with Gasteiger partial charge in [0.1, 0.15) is 5.82 Å². The molecule has 0 N–H and O–H groups in total. The molecular weight excluding hydrogens is 427 g/mol. The van der Waals surface area contributed by atoms with E-state index in [0.717, 1.165) is 28.6 Å². The Bertz CT molecular complexity index is 1270. The van der Waals surface area contributed by atoms with Gasteiger partial charge in [-0.05, 0) is 41.8 Å². The average molecular weight is 457 g/mol. The van der Waals surface area contributed by atoms with Crippen LogP contribution in [0.5, 0.6) is 0 Å². The molecular formula is C29H29FN2O2. The largest absolute Gasteiger partial charge is 0.378 e. The Labute approximate surface area is 199 Å². The highest BCUT2D eigenvalue weighted by molar-refractivity contribution is 5.87. The molecule has 0 bridgehead atoms. The molecule has 2 heterocycles. The molecule has 0 radical (unpaired) electrons. The van der Waals surface area contributed by atoms with E-state index in [9.17, 15) is 9.18 Å². The molecule has 1 unspecified atom stereocenters. The molecule has 174 valence electrons. The molecule has 3 aromatic carbocycles. The second kappa shape index (κ2) is 9.82. The zero-order valence-corrected chi connectivity index (χ0v) is 19.4. The number of amides is 1. The Morgan fingerprint density at radius 3 is 2.41 bits per heavy atom. The maximum atomic E-state index is 13.7. The number of ether oxygens (including phenoxy) is 1. The van der Waals surface area contributed by atoms with Crippen LogP contribution in [0.25, 0.3) is 10.9 Å². The Kier molecular flexibility index (Phi) is 6.45. The highest BCUT2D eigenvalue weighted by Crippen LogP contribution is 2.35.